The summed E-state index contributed by atoms with van der Waals surface area (Å²) in [5.74, 6) is 1.15. The number of likely N-dealkylation sites (N-methyl/N-ethyl adjacent to an activating group) is 1. The molecule has 0 saturated carbocycles. The number of nitrogens with two attached hydrogens (primary N) is 1. The number of hydrogen-bond donors (Lipinski definition) is 1. The molecule has 2 N–H and O–H groups in total. The van der Waals surface area contributed by atoms with E-state index in [9.17, 15) is 13.2 Å². The number of benzene rings is 2. The van der Waals surface area contributed by atoms with Gasteiger partial charge in [0, 0.05) is 13.1 Å². The van der Waals surface area contributed by atoms with Crippen molar-refractivity contribution in [3.8, 4) is 17.2 Å². The third kappa shape index (κ3) is 5.31. The quantitative estimate of drug-likeness (QED) is 0.640. The highest BCUT2D eigenvalue weighted by Gasteiger charge is 2.18. The van der Waals surface area contributed by atoms with Gasteiger partial charge < -0.3 is 19.1 Å². The number of hydrogen-bond acceptors (Lipinski definition) is 6. The van der Waals surface area contributed by atoms with Crippen LogP contribution in [0.5, 0.6) is 17.2 Å². The molecule has 8 nitrogen and oxygen atoms in total. The molecule has 0 fully saturated rings. The molecule has 0 aliphatic carbocycles. The minimum Gasteiger partial charge on any atom is -0.493 e. The van der Waals surface area contributed by atoms with Crippen LogP contribution in [0.4, 0.5) is 0 Å². The molecule has 2 aromatic rings. The van der Waals surface area contributed by atoms with Crippen LogP contribution in [0.3, 0.4) is 0 Å². The summed E-state index contributed by atoms with van der Waals surface area (Å²) in [5.41, 5.74) is 1.34. The highest BCUT2D eigenvalue weighted by molar-refractivity contribution is 7.89. The zero-order chi connectivity index (χ0) is 22.5. The molecule has 2 rings (SSSR count). The second kappa shape index (κ2) is 9.64. The minimum absolute atomic E-state index is 0.000615. The Morgan fingerprint density at radius 1 is 1.07 bits per heavy atom. The van der Waals surface area contributed by atoms with Gasteiger partial charge in [0.2, 0.25) is 21.7 Å². The lowest BCUT2D eigenvalue weighted by Gasteiger charge is -2.24. The van der Waals surface area contributed by atoms with Crippen molar-refractivity contribution in [2.24, 2.45) is 5.14 Å². The Balaban J connectivity index is 2.24. The summed E-state index contributed by atoms with van der Waals surface area (Å²) >= 11 is 0. The van der Waals surface area contributed by atoms with Crippen LogP contribution in [-0.4, -0.2) is 47.6 Å². The van der Waals surface area contributed by atoms with E-state index in [-0.39, 0.29) is 16.8 Å². The van der Waals surface area contributed by atoms with Crippen LogP contribution >= 0.6 is 0 Å². The number of nitrogens with zero attached hydrogens (tertiary/aromatic N) is 1. The van der Waals surface area contributed by atoms with Crippen molar-refractivity contribution in [3.63, 3.8) is 0 Å². The predicted molar refractivity (Wildman–Crippen MR) is 114 cm³/mol. The SMILES string of the molecule is COc1cc(/C=C/C(=O)N(C)C(C)c2cccc(S(N)(=O)=O)c2)cc(OC)c1OC. The van der Waals surface area contributed by atoms with Gasteiger partial charge in [0.15, 0.2) is 11.5 Å². The molecule has 0 bridgehead atoms. The van der Waals surface area contributed by atoms with Crippen LogP contribution < -0.4 is 19.3 Å². The maximum atomic E-state index is 12.7. The number of carbonyl (C=O) groups excluding carboxylic acids is 1. The topological polar surface area (TPSA) is 108 Å². The Morgan fingerprint density at radius 3 is 2.17 bits per heavy atom. The second-order valence-corrected chi connectivity index (χ2v) is 8.10. The van der Waals surface area contributed by atoms with Crippen molar-refractivity contribution in [3.05, 3.63) is 53.6 Å². The summed E-state index contributed by atoms with van der Waals surface area (Å²) in [6, 6.07) is 9.30. The van der Waals surface area contributed by atoms with E-state index in [1.54, 1.807) is 44.3 Å². The Labute approximate surface area is 176 Å². The molecule has 0 aliphatic heterocycles. The van der Waals surface area contributed by atoms with Crippen molar-refractivity contribution >= 4 is 22.0 Å². The van der Waals surface area contributed by atoms with Gasteiger partial charge in [0.05, 0.1) is 32.3 Å². The molecule has 162 valence electrons. The molecule has 0 heterocycles. The van der Waals surface area contributed by atoms with Crippen molar-refractivity contribution < 1.29 is 27.4 Å². The first kappa shape index (κ1) is 23.2. The average molecular weight is 435 g/mol. The Bertz CT molecular complexity index is 1020. The Morgan fingerprint density at radius 2 is 1.67 bits per heavy atom. The maximum Gasteiger partial charge on any atom is 0.246 e. The number of carbonyl (C=O) groups is 1. The molecule has 2 aromatic carbocycles. The smallest absolute Gasteiger partial charge is 0.246 e. The van der Waals surface area contributed by atoms with Gasteiger partial charge >= 0.3 is 0 Å². The first-order valence-corrected chi connectivity index (χ1v) is 10.5. The van der Waals surface area contributed by atoms with Crippen molar-refractivity contribution in [1.29, 1.82) is 0 Å². The molecule has 0 radical (unpaired) electrons. The summed E-state index contributed by atoms with van der Waals surface area (Å²) in [4.78, 5) is 14.2. The first-order chi connectivity index (χ1) is 14.1. The van der Waals surface area contributed by atoms with Gasteiger partial charge in [-0.3, -0.25) is 4.79 Å². The highest BCUT2D eigenvalue weighted by atomic mass is 32.2. The van der Waals surface area contributed by atoms with Gasteiger partial charge in [-0.25, -0.2) is 13.6 Å². The van der Waals surface area contributed by atoms with E-state index in [4.69, 9.17) is 19.3 Å². The third-order valence-corrected chi connectivity index (χ3v) is 5.61. The number of rotatable bonds is 8. The van der Waals surface area contributed by atoms with Gasteiger partial charge in [0.1, 0.15) is 0 Å². The van der Waals surface area contributed by atoms with Gasteiger partial charge in [-0.05, 0) is 48.4 Å². The molecular weight excluding hydrogens is 408 g/mol. The fraction of sp³-hybridized carbons (Fsp3) is 0.286. The number of methoxy groups -OCH3 is 3. The highest BCUT2D eigenvalue weighted by Crippen LogP contribution is 2.38. The average Bonchev–Trinajstić information content (AvgIpc) is 2.74. The summed E-state index contributed by atoms with van der Waals surface area (Å²) in [7, 11) is 2.36. The van der Waals surface area contributed by atoms with E-state index >= 15 is 0 Å². The van der Waals surface area contributed by atoms with Crippen LogP contribution in [0.1, 0.15) is 24.1 Å². The van der Waals surface area contributed by atoms with E-state index in [1.807, 2.05) is 0 Å². The monoisotopic (exact) mass is 434 g/mol. The predicted octanol–water partition coefficient (Wildman–Crippen LogP) is 2.59. The van der Waals surface area contributed by atoms with Crippen LogP contribution in [0.15, 0.2) is 47.4 Å². The Kier molecular flexibility index (Phi) is 7.47. The van der Waals surface area contributed by atoms with E-state index in [1.165, 1.54) is 44.4 Å². The van der Waals surface area contributed by atoms with Crippen molar-refractivity contribution in [2.75, 3.05) is 28.4 Å². The summed E-state index contributed by atoms with van der Waals surface area (Å²) in [5, 5.41) is 5.19. The summed E-state index contributed by atoms with van der Waals surface area (Å²) < 4.78 is 39.1. The molecule has 9 heteroatoms. The fourth-order valence-corrected chi connectivity index (χ4v) is 3.42. The number of ether oxygens (including phenoxy) is 3. The van der Waals surface area contributed by atoms with Crippen LogP contribution in [-0.2, 0) is 14.8 Å². The minimum atomic E-state index is -3.82. The molecule has 0 spiro atoms. The number of primary sulfonamides is 1. The van der Waals surface area contributed by atoms with E-state index in [0.717, 1.165) is 0 Å². The van der Waals surface area contributed by atoms with Crippen LogP contribution in [0, 0.1) is 0 Å². The fourth-order valence-electron chi connectivity index (χ4n) is 2.85. The molecule has 1 atom stereocenters. The second-order valence-electron chi connectivity index (χ2n) is 6.53. The van der Waals surface area contributed by atoms with Gasteiger partial charge in [-0.1, -0.05) is 12.1 Å². The molecular formula is C21H26N2O6S. The van der Waals surface area contributed by atoms with E-state index in [0.29, 0.717) is 28.4 Å². The first-order valence-electron chi connectivity index (χ1n) is 9.00. The molecule has 1 unspecified atom stereocenters. The lowest BCUT2D eigenvalue weighted by molar-refractivity contribution is -0.126. The van der Waals surface area contributed by atoms with Gasteiger partial charge in [-0.2, -0.15) is 0 Å². The molecule has 0 aromatic heterocycles. The van der Waals surface area contributed by atoms with Crippen LogP contribution in [0.25, 0.3) is 6.08 Å². The molecule has 0 aliphatic rings. The third-order valence-electron chi connectivity index (χ3n) is 4.70. The maximum absolute atomic E-state index is 12.7. The van der Waals surface area contributed by atoms with E-state index < -0.39 is 10.0 Å². The molecule has 1 amide bonds. The van der Waals surface area contributed by atoms with Crippen molar-refractivity contribution in [2.45, 2.75) is 17.9 Å². The zero-order valence-corrected chi connectivity index (χ0v) is 18.4. The largest absolute Gasteiger partial charge is 0.493 e. The Hall–Kier alpha value is -3.04. The lowest BCUT2D eigenvalue weighted by atomic mass is 10.1. The van der Waals surface area contributed by atoms with Crippen molar-refractivity contribution in [1.82, 2.24) is 4.90 Å². The number of sulfonamides is 1. The lowest BCUT2D eigenvalue weighted by Crippen LogP contribution is -2.28. The van der Waals surface area contributed by atoms with E-state index in [2.05, 4.69) is 0 Å². The summed E-state index contributed by atoms with van der Waals surface area (Å²) in [6.45, 7) is 1.80. The zero-order valence-electron chi connectivity index (χ0n) is 17.6. The molecule has 30 heavy (non-hydrogen) atoms. The van der Waals surface area contributed by atoms with Crippen LogP contribution in [0.2, 0.25) is 0 Å². The van der Waals surface area contributed by atoms with Gasteiger partial charge in [-0.15, -0.1) is 0 Å². The van der Waals surface area contributed by atoms with Gasteiger partial charge in [0.25, 0.3) is 0 Å². The standard InChI is InChI=1S/C21H26N2O6S/c1-14(16-7-6-8-17(13-16)30(22,25)26)23(2)20(24)10-9-15-11-18(27-3)21(29-5)19(12-15)28-4/h6-14H,1-5H3,(H2,22,25,26)/b10-9+. The summed E-state index contributed by atoms with van der Waals surface area (Å²) in [6.07, 6.45) is 3.05. The normalized spacial score (nSPS) is 12.5. The molecule has 0 saturated heterocycles. The number of amides is 1.